The predicted molar refractivity (Wildman–Crippen MR) is 169 cm³/mol. The topological polar surface area (TPSA) is 206 Å². The number of aliphatic hydroxyl groups is 1. The molecule has 0 heterocycles. The minimum atomic E-state index is -0.787. The van der Waals surface area contributed by atoms with Crippen molar-refractivity contribution in [2.75, 3.05) is 39.3 Å². The average Bonchev–Trinajstić information content (AvgIpc) is 2.99. The number of ketones is 1. The van der Waals surface area contributed by atoms with Gasteiger partial charge in [0.25, 0.3) is 0 Å². The molecule has 12 heteroatoms. The van der Waals surface area contributed by atoms with Crippen LogP contribution in [-0.4, -0.2) is 93.4 Å². The molecule has 44 heavy (non-hydrogen) atoms. The highest BCUT2D eigenvalue weighted by Gasteiger charge is 2.13. The van der Waals surface area contributed by atoms with E-state index < -0.39 is 6.10 Å². The molecule has 0 aliphatic heterocycles. The van der Waals surface area contributed by atoms with Crippen LogP contribution in [0, 0.1) is 0 Å². The Bertz CT molecular complexity index is 1160. The highest BCUT2D eigenvalue weighted by molar-refractivity contribution is 5.79. The van der Waals surface area contributed by atoms with Crippen molar-refractivity contribution < 1.29 is 39.9 Å². The number of hydrogen-bond donors (Lipinski definition) is 8. The summed E-state index contributed by atoms with van der Waals surface area (Å²) in [7, 11) is 0. The maximum atomic E-state index is 12.7. The number of hydrogen-bond acceptors (Lipinski definition) is 10. The number of carbonyl (C=O) groups is 3. The van der Waals surface area contributed by atoms with Crippen molar-refractivity contribution in [1.29, 1.82) is 0 Å². The summed E-state index contributed by atoms with van der Waals surface area (Å²) in [6, 6.07) is 9.17. The van der Waals surface area contributed by atoms with E-state index >= 15 is 0 Å². The van der Waals surface area contributed by atoms with E-state index in [2.05, 4.69) is 10.6 Å². The van der Waals surface area contributed by atoms with Crippen LogP contribution in [0.2, 0.25) is 0 Å². The Morgan fingerprint density at radius 2 is 1.30 bits per heavy atom. The normalized spacial score (nSPS) is 11.3. The molecule has 0 fully saturated rings. The zero-order valence-corrected chi connectivity index (χ0v) is 25.9. The number of nitrogens with zero attached hydrogens (tertiary/aromatic N) is 1. The number of aliphatic hydroxyl groups excluding tert-OH is 1. The Balaban J connectivity index is 0.00000146. The van der Waals surface area contributed by atoms with Crippen molar-refractivity contribution in [1.82, 2.24) is 15.5 Å². The third-order valence-electron chi connectivity index (χ3n) is 6.81. The number of phenols is 4. The number of amides is 2. The molecule has 1 atom stereocenters. The SMILES string of the molecule is CC(=O)C(C)O.NCCCN(CCCCNCCCNC(=O)CCc1ccc(O)c(O)c1)C(=O)CCc1ccc(O)c(O)c1. The highest BCUT2D eigenvalue weighted by atomic mass is 16.3. The van der Waals surface area contributed by atoms with Crippen LogP contribution in [0.4, 0.5) is 0 Å². The van der Waals surface area contributed by atoms with Crippen molar-refractivity contribution in [3.63, 3.8) is 0 Å². The van der Waals surface area contributed by atoms with Gasteiger partial charge in [-0.15, -0.1) is 0 Å². The molecule has 0 aliphatic carbocycles. The lowest BCUT2D eigenvalue weighted by molar-refractivity contribution is -0.131. The molecule has 12 nitrogen and oxygen atoms in total. The third-order valence-corrected chi connectivity index (χ3v) is 6.81. The van der Waals surface area contributed by atoms with E-state index in [0.717, 1.165) is 49.9 Å². The molecule has 2 aromatic carbocycles. The fraction of sp³-hybridized carbons (Fsp3) is 0.531. The summed E-state index contributed by atoms with van der Waals surface area (Å²) in [6.07, 6.45) is 4.17. The largest absolute Gasteiger partial charge is 0.504 e. The van der Waals surface area contributed by atoms with Crippen molar-refractivity contribution in [2.45, 2.75) is 71.3 Å². The van der Waals surface area contributed by atoms with E-state index in [0.29, 0.717) is 51.9 Å². The van der Waals surface area contributed by atoms with Gasteiger partial charge in [0.2, 0.25) is 11.8 Å². The molecule has 0 bridgehead atoms. The molecule has 2 rings (SSSR count). The third kappa shape index (κ3) is 16.7. The Morgan fingerprint density at radius 3 is 1.82 bits per heavy atom. The van der Waals surface area contributed by atoms with Gasteiger partial charge in [0, 0.05) is 32.5 Å². The average molecular weight is 619 g/mol. The van der Waals surface area contributed by atoms with Gasteiger partial charge in [-0.2, -0.15) is 0 Å². The first-order chi connectivity index (χ1) is 20.9. The summed E-state index contributed by atoms with van der Waals surface area (Å²) in [5.41, 5.74) is 7.22. The summed E-state index contributed by atoms with van der Waals surface area (Å²) in [4.78, 5) is 36.5. The number of carbonyl (C=O) groups excluding carboxylic acids is 3. The first-order valence-corrected chi connectivity index (χ1v) is 15.1. The maximum Gasteiger partial charge on any atom is 0.222 e. The summed E-state index contributed by atoms with van der Waals surface area (Å²) in [5, 5.41) is 52.4. The number of rotatable bonds is 19. The van der Waals surface area contributed by atoms with Gasteiger partial charge in [-0.1, -0.05) is 12.1 Å². The Hall–Kier alpha value is -3.87. The molecule has 0 saturated heterocycles. The molecule has 2 aromatic rings. The fourth-order valence-electron chi connectivity index (χ4n) is 3.97. The highest BCUT2D eigenvalue weighted by Crippen LogP contribution is 2.26. The predicted octanol–water partition coefficient (Wildman–Crippen LogP) is 2.08. The van der Waals surface area contributed by atoms with Crippen LogP contribution in [0.5, 0.6) is 23.0 Å². The number of unbranched alkanes of at least 4 members (excludes halogenated alkanes) is 1. The Labute approximate surface area is 259 Å². The Kier molecular flexibility index (Phi) is 18.9. The van der Waals surface area contributed by atoms with E-state index in [1.165, 1.54) is 38.1 Å². The van der Waals surface area contributed by atoms with Crippen LogP contribution in [-0.2, 0) is 27.2 Å². The van der Waals surface area contributed by atoms with E-state index in [4.69, 9.17) is 10.8 Å². The van der Waals surface area contributed by atoms with Gasteiger partial charge in [-0.25, -0.2) is 0 Å². The molecule has 0 radical (unpaired) electrons. The number of benzene rings is 2. The molecule has 9 N–H and O–H groups in total. The van der Waals surface area contributed by atoms with Gasteiger partial charge >= 0.3 is 0 Å². The minimum absolute atomic E-state index is 0.0527. The number of nitrogens with two attached hydrogens (primary N) is 1. The molecule has 2 amide bonds. The molecule has 1 unspecified atom stereocenters. The minimum Gasteiger partial charge on any atom is -0.504 e. The molecule has 0 saturated carbocycles. The zero-order valence-electron chi connectivity index (χ0n) is 25.9. The lowest BCUT2D eigenvalue weighted by Gasteiger charge is -2.23. The first kappa shape index (κ1) is 38.2. The molecular weight excluding hydrogens is 568 g/mol. The van der Waals surface area contributed by atoms with Gasteiger partial charge in [0.05, 0.1) is 0 Å². The fourth-order valence-corrected chi connectivity index (χ4v) is 3.97. The molecule has 246 valence electrons. The molecular formula is C32H50N4O8. The standard InChI is InChI=1S/C28H42N4O6.C4H8O2/c29-13-3-18-32(28(38)12-8-22-6-10-24(34)26(36)20-22)17-2-1-14-30-15-4-16-31-27(37)11-7-21-5-9-23(33)25(35)19-21;1-3(5)4(2)6/h5-6,9-10,19-20,30,33-36H,1-4,7-8,11-18,29H2,(H,31,37);3,5H,1-2H3. The maximum absolute atomic E-state index is 12.7. The summed E-state index contributed by atoms with van der Waals surface area (Å²) in [5.74, 6) is -0.900. The van der Waals surface area contributed by atoms with Gasteiger partial charge in [0.15, 0.2) is 28.8 Å². The monoisotopic (exact) mass is 618 g/mol. The number of aromatic hydroxyl groups is 4. The number of Topliss-reactive ketones (excluding diaryl/α,β-unsaturated/α-hetero) is 1. The summed E-state index contributed by atoms with van der Waals surface area (Å²) in [6.45, 7) is 6.78. The van der Waals surface area contributed by atoms with Crippen LogP contribution in [0.15, 0.2) is 36.4 Å². The zero-order chi connectivity index (χ0) is 32.9. The number of aryl methyl sites for hydroxylation is 2. The van der Waals surface area contributed by atoms with Crippen molar-refractivity contribution in [3.05, 3.63) is 47.5 Å². The van der Waals surface area contributed by atoms with Crippen molar-refractivity contribution >= 4 is 17.6 Å². The molecule has 0 spiro atoms. The smallest absolute Gasteiger partial charge is 0.222 e. The van der Waals surface area contributed by atoms with Crippen LogP contribution in [0.25, 0.3) is 0 Å². The van der Waals surface area contributed by atoms with Crippen molar-refractivity contribution in [3.8, 4) is 23.0 Å². The molecule has 0 aromatic heterocycles. The molecule has 0 aliphatic rings. The summed E-state index contributed by atoms with van der Waals surface area (Å²) < 4.78 is 0. The van der Waals surface area contributed by atoms with E-state index in [-0.39, 0.29) is 40.6 Å². The summed E-state index contributed by atoms with van der Waals surface area (Å²) >= 11 is 0. The van der Waals surface area contributed by atoms with Crippen LogP contribution >= 0.6 is 0 Å². The van der Waals surface area contributed by atoms with Crippen LogP contribution in [0.1, 0.15) is 63.5 Å². The lowest BCUT2D eigenvalue weighted by Crippen LogP contribution is -2.34. The van der Waals surface area contributed by atoms with E-state index in [1.807, 2.05) is 4.90 Å². The van der Waals surface area contributed by atoms with Crippen molar-refractivity contribution in [2.24, 2.45) is 5.73 Å². The van der Waals surface area contributed by atoms with Gasteiger partial charge in [0.1, 0.15) is 6.10 Å². The van der Waals surface area contributed by atoms with Crippen LogP contribution < -0.4 is 16.4 Å². The quantitative estimate of drug-likeness (QED) is 0.0850. The van der Waals surface area contributed by atoms with E-state index in [9.17, 15) is 34.8 Å². The Morgan fingerprint density at radius 1 is 0.773 bits per heavy atom. The number of nitrogens with one attached hydrogen (secondary N) is 2. The number of phenolic OH excluding ortho intramolecular Hbond substituents is 4. The second-order valence-corrected chi connectivity index (χ2v) is 10.6. The van der Waals surface area contributed by atoms with Gasteiger partial charge in [-0.3, -0.25) is 14.4 Å². The first-order valence-electron chi connectivity index (χ1n) is 15.1. The van der Waals surface area contributed by atoms with Gasteiger partial charge in [-0.05, 0) is 107 Å². The second kappa shape index (κ2) is 21.8. The van der Waals surface area contributed by atoms with Crippen LogP contribution in [0.3, 0.4) is 0 Å². The second-order valence-electron chi connectivity index (χ2n) is 10.6. The van der Waals surface area contributed by atoms with E-state index in [1.54, 1.807) is 12.1 Å². The lowest BCUT2D eigenvalue weighted by atomic mass is 10.1. The van der Waals surface area contributed by atoms with Gasteiger partial charge < -0.3 is 46.8 Å².